The number of hydrogen-bond acceptors (Lipinski definition) is 2. The lowest BCUT2D eigenvalue weighted by Gasteiger charge is -2.14. The summed E-state index contributed by atoms with van der Waals surface area (Å²) < 4.78 is 0. The first kappa shape index (κ1) is 5.25. The van der Waals surface area contributed by atoms with E-state index < -0.39 is 0 Å². The Morgan fingerprint density at radius 1 is 1.44 bits per heavy atom. The normalized spacial score (nSPS) is 47.2. The molecule has 2 rings (SSSR count). The van der Waals surface area contributed by atoms with E-state index in [9.17, 15) is 0 Å². The molecule has 3 atom stereocenters. The van der Waals surface area contributed by atoms with Crippen LogP contribution in [0.2, 0.25) is 0 Å². The monoisotopic (exact) mass is 122 g/mol. The average molecular weight is 122 g/mol. The van der Waals surface area contributed by atoms with Crippen LogP contribution in [0.3, 0.4) is 0 Å². The van der Waals surface area contributed by atoms with Crippen molar-refractivity contribution in [1.29, 1.82) is 5.26 Å². The predicted molar refractivity (Wildman–Crippen MR) is 33.6 cm³/mol. The Labute approximate surface area is 54.9 Å². The largest absolute Gasteiger partial charge is 0.314 e. The standard InChI is InChI=1S/C7H10N2/c8-3-5-1-7-2-6(5)4-9-7/h5-7,9H,1-2,4H2/t5-,6+,7-/m1/s1. The first-order valence-electron chi connectivity index (χ1n) is 3.53. The van der Waals surface area contributed by atoms with E-state index in [2.05, 4.69) is 11.4 Å². The molecule has 2 heteroatoms. The molecule has 2 aliphatic rings. The summed E-state index contributed by atoms with van der Waals surface area (Å²) in [6.07, 6.45) is 2.35. The van der Waals surface area contributed by atoms with Gasteiger partial charge in [0.15, 0.2) is 0 Å². The first-order valence-corrected chi connectivity index (χ1v) is 3.53. The number of hydrogen-bond donors (Lipinski definition) is 1. The van der Waals surface area contributed by atoms with Crippen LogP contribution in [0, 0.1) is 23.2 Å². The molecule has 1 aliphatic carbocycles. The van der Waals surface area contributed by atoms with Crippen LogP contribution in [0.5, 0.6) is 0 Å². The summed E-state index contributed by atoms with van der Waals surface area (Å²) in [6, 6.07) is 3.04. The van der Waals surface area contributed by atoms with E-state index in [1.165, 1.54) is 6.42 Å². The number of nitrogens with zero attached hydrogens (tertiary/aromatic N) is 1. The number of nitrogens with one attached hydrogen (secondary N) is 1. The van der Waals surface area contributed by atoms with Crippen molar-refractivity contribution in [2.45, 2.75) is 18.9 Å². The molecule has 0 aromatic heterocycles. The maximum atomic E-state index is 8.61. The molecule has 1 saturated heterocycles. The molecule has 1 heterocycles. The molecule has 0 amide bonds. The lowest BCUT2D eigenvalue weighted by Crippen LogP contribution is -2.28. The van der Waals surface area contributed by atoms with Crippen LogP contribution >= 0.6 is 0 Å². The van der Waals surface area contributed by atoms with Crippen LogP contribution < -0.4 is 5.32 Å². The fourth-order valence-corrected chi connectivity index (χ4v) is 1.99. The van der Waals surface area contributed by atoms with Gasteiger partial charge in [-0.15, -0.1) is 0 Å². The van der Waals surface area contributed by atoms with Crippen LogP contribution in [-0.2, 0) is 0 Å². The minimum absolute atomic E-state index is 0.372. The highest BCUT2D eigenvalue weighted by Crippen LogP contribution is 2.35. The topological polar surface area (TPSA) is 35.8 Å². The molecule has 48 valence electrons. The molecule has 1 N–H and O–H groups in total. The Morgan fingerprint density at radius 3 is 2.67 bits per heavy atom. The Hall–Kier alpha value is -0.550. The molecule has 1 saturated carbocycles. The van der Waals surface area contributed by atoms with Crippen molar-refractivity contribution in [2.24, 2.45) is 11.8 Å². The molecule has 0 spiro atoms. The molecule has 2 fully saturated rings. The summed E-state index contributed by atoms with van der Waals surface area (Å²) in [7, 11) is 0. The van der Waals surface area contributed by atoms with Gasteiger partial charge in [0.1, 0.15) is 0 Å². The molecule has 0 aromatic rings. The Bertz CT molecular complexity index is 159. The lowest BCUT2D eigenvalue weighted by molar-refractivity contribution is 0.423. The first-order chi connectivity index (χ1) is 4.40. The number of fused-ring (bicyclic) bond motifs is 2. The van der Waals surface area contributed by atoms with Gasteiger partial charge in [-0.2, -0.15) is 5.26 Å². The smallest absolute Gasteiger partial charge is 0.0659 e. The third kappa shape index (κ3) is 0.650. The minimum Gasteiger partial charge on any atom is -0.314 e. The molecule has 0 unspecified atom stereocenters. The van der Waals surface area contributed by atoms with E-state index in [-0.39, 0.29) is 0 Å². The highest BCUT2D eigenvalue weighted by molar-refractivity contribution is 5.03. The van der Waals surface area contributed by atoms with Crippen LogP contribution in [0.4, 0.5) is 0 Å². The van der Waals surface area contributed by atoms with E-state index >= 15 is 0 Å². The second kappa shape index (κ2) is 1.71. The fourth-order valence-electron chi connectivity index (χ4n) is 1.99. The maximum absolute atomic E-state index is 8.61. The summed E-state index contributed by atoms with van der Waals surface area (Å²) >= 11 is 0. The van der Waals surface area contributed by atoms with Gasteiger partial charge in [0.05, 0.1) is 12.0 Å². The van der Waals surface area contributed by atoms with Crippen molar-refractivity contribution >= 4 is 0 Å². The van der Waals surface area contributed by atoms with Gasteiger partial charge >= 0.3 is 0 Å². The molecule has 2 nitrogen and oxygen atoms in total. The van der Waals surface area contributed by atoms with E-state index in [0.29, 0.717) is 17.9 Å². The minimum atomic E-state index is 0.372. The molecule has 0 radical (unpaired) electrons. The molecular formula is C7H10N2. The zero-order chi connectivity index (χ0) is 6.27. The third-order valence-corrected chi connectivity index (χ3v) is 2.53. The van der Waals surface area contributed by atoms with Gasteiger partial charge in [0.25, 0.3) is 0 Å². The van der Waals surface area contributed by atoms with Crippen LogP contribution in [0.1, 0.15) is 12.8 Å². The van der Waals surface area contributed by atoms with Crippen molar-refractivity contribution in [1.82, 2.24) is 5.32 Å². The van der Waals surface area contributed by atoms with Crippen molar-refractivity contribution < 1.29 is 0 Å². The number of nitriles is 1. The maximum Gasteiger partial charge on any atom is 0.0659 e. The summed E-state index contributed by atoms with van der Waals surface area (Å²) in [5.41, 5.74) is 0. The fraction of sp³-hybridized carbons (Fsp3) is 0.857. The predicted octanol–water partition coefficient (Wildman–Crippen LogP) is 0.508. The Kier molecular flexibility index (Phi) is 1.000. The second-order valence-electron chi connectivity index (χ2n) is 3.07. The van der Waals surface area contributed by atoms with Gasteiger partial charge in [-0.1, -0.05) is 0 Å². The Balaban J connectivity index is 2.12. The van der Waals surface area contributed by atoms with Gasteiger partial charge in [-0.05, 0) is 25.3 Å². The van der Waals surface area contributed by atoms with Gasteiger partial charge in [-0.25, -0.2) is 0 Å². The molecule has 1 aliphatic heterocycles. The molecule has 0 aromatic carbocycles. The van der Waals surface area contributed by atoms with Crippen LogP contribution in [-0.4, -0.2) is 12.6 Å². The van der Waals surface area contributed by atoms with E-state index in [1.54, 1.807) is 0 Å². The zero-order valence-electron chi connectivity index (χ0n) is 5.30. The highest BCUT2D eigenvalue weighted by atomic mass is 15.0. The average Bonchev–Trinajstić information content (AvgIpc) is 2.45. The van der Waals surface area contributed by atoms with Gasteiger partial charge in [0.2, 0.25) is 0 Å². The summed E-state index contributed by atoms with van der Waals surface area (Å²) in [5, 5.41) is 12.0. The third-order valence-electron chi connectivity index (χ3n) is 2.53. The zero-order valence-corrected chi connectivity index (χ0v) is 5.30. The van der Waals surface area contributed by atoms with Crippen molar-refractivity contribution in [2.75, 3.05) is 6.54 Å². The number of rotatable bonds is 0. The SMILES string of the molecule is N#C[C@H]1C[C@@H]2C[C@H]1CN2. The quantitative estimate of drug-likeness (QED) is 0.508. The van der Waals surface area contributed by atoms with E-state index in [1.807, 2.05) is 0 Å². The molecular weight excluding hydrogens is 112 g/mol. The molecule has 2 bridgehead atoms. The van der Waals surface area contributed by atoms with Crippen molar-refractivity contribution in [3.8, 4) is 6.07 Å². The summed E-state index contributed by atoms with van der Waals surface area (Å²) in [4.78, 5) is 0. The van der Waals surface area contributed by atoms with Gasteiger partial charge in [-0.3, -0.25) is 0 Å². The Morgan fingerprint density at radius 2 is 2.33 bits per heavy atom. The van der Waals surface area contributed by atoms with E-state index in [4.69, 9.17) is 5.26 Å². The van der Waals surface area contributed by atoms with Crippen molar-refractivity contribution in [3.63, 3.8) is 0 Å². The van der Waals surface area contributed by atoms with E-state index in [0.717, 1.165) is 13.0 Å². The number of piperidine rings is 1. The highest BCUT2D eigenvalue weighted by Gasteiger charge is 2.39. The molecule has 9 heavy (non-hydrogen) atoms. The van der Waals surface area contributed by atoms with Crippen LogP contribution in [0.25, 0.3) is 0 Å². The van der Waals surface area contributed by atoms with Crippen LogP contribution in [0.15, 0.2) is 0 Å². The second-order valence-corrected chi connectivity index (χ2v) is 3.07. The lowest BCUT2D eigenvalue weighted by atomic mass is 9.97. The van der Waals surface area contributed by atoms with Gasteiger partial charge < -0.3 is 5.32 Å². The summed E-state index contributed by atoms with van der Waals surface area (Å²) in [5.74, 6) is 1.05. The summed E-state index contributed by atoms with van der Waals surface area (Å²) in [6.45, 7) is 1.09. The van der Waals surface area contributed by atoms with Crippen molar-refractivity contribution in [3.05, 3.63) is 0 Å². The van der Waals surface area contributed by atoms with Gasteiger partial charge in [0, 0.05) is 6.04 Å².